The molecule has 0 aliphatic heterocycles. The molecule has 0 aromatic heterocycles. The van der Waals surface area contributed by atoms with Crippen molar-refractivity contribution < 1.29 is 9.18 Å². The largest absolute Gasteiger partial charge is 0.351 e. The summed E-state index contributed by atoms with van der Waals surface area (Å²) in [5.74, 6) is -0.391. The standard InChI is InChI=1S/C25H24FN3O/c1-19-5-2-3-7-23(19)15-28-25(30)18-29(17-22-6-4-8-24(26)13-22)16-21-11-9-20(14-27)10-12-21/h2-13H,15-18H2,1H3,(H,28,30). The minimum absolute atomic E-state index is 0.0942. The zero-order valence-electron chi connectivity index (χ0n) is 16.9. The first-order valence-electron chi connectivity index (χ1n) is 9.80. The summed E-state index contributed by atoms with van der Waals surface area (Å²) in [4.78, 5) is 14.6. The highest BCUT2D eigenvalue weighted by molar-refractivity contribution is 5.78. The molecule has 0 radical (unpaired) electrons. The number of rotatable bonds is 8. The van der Waals surface area contributed by atoms with Gasteiger partial charge in [-0.05, 0) is 53.4 Å². The summed E-state index contributed by atoms with van der Waals surface area (Å²) in [6.45, 7) is 3.62. The van der Waals surface area contributed by atoms with Crippen molar-refractivity contribution in [3.8, 4) is 6.07 Å². The molecule has 5 heteroatoms. The van der Waals surface area contributed by atoms with E-state index < -0.39 is 0 Å². The Morgan fingerprint density at radius 1 is 1.00 bits per heavy atom. The summed E-state index contributed by atoms with van der Waals surface area (Å²) in [5.41, 5.74) is 4.58. The first-order valence-corrected chi connectivity index (χ1v) is 9.80. The average molecular weight is 401 g/mol. The van der Waals surface area contributed by atoms with E-state index in [1.807, 2.05) is 54.3 Å². The number of benzene rings is 3. The topological polar surface area (TPSA) is 56.1 Å². The van der Waals surface area contributed by atoms with Gasteiger partial charge >= 0.3 is 0 Å². The van der Waals surface area contributed by atoms with Crippen LogP contribution in [0.3, 0.4) is 0 Å². The van der Waals surface area contributed by atoms with E-state index in [1.54, 1.807) is 18.2 Å². The Balaban J connectivity index is 1.68. The molecule has 0 heterocycles. The summed E-state index contributed by atoms with van der Waals surface area (Å²) in [6, 6.07) is 23.7. The number of nitriles is 1. The van der Waals surface area contributed by atoms with Gasteiger partial charge in [-0.3, -0.25) is 9.69 Å². The van der Waals surface area contributed by atoms with Crippen molar-refractivity contribution >= 4 is 5.91 Å². The second-order valence-corrected chi connectivity index (χ2v) is 7.29. The Kier molecular flexibility index (Phi) is 7.31. The van der Waals surface area contributed by atoms with Crippen LogP contribution in [-0.2, 0) is 24.4 Å². The Morgan fingerprint density at radius 3 is 2.43 bits per heavy atom. The van der Waals surface area contributed by atoms with Crippen molar-refractivity contribution in [3.05, 3.63) is 106 Å². The van der Waals surface area contributed by atoms with Gasteiger partial charge in [-0.15, -0.1) is 0 Å². The van der Waals surface area contributed by atoms with Crippen molar-refractivity contribution in [1.82, 2.24) is 10.2 Å². The number of carbonyl (C=O) groups excluding carboxylic acids is 1. The molecule has 0 bridgehead atoms. The lowest BCUT2D eigenvalue weighted by molar-refractivity contribution is -0.122. The van der Waals surface area contributed by atoms with Crippen LogP contribution in [0.4, 0.5) is 4.39 Å². The van der Waals surface area contributed by atoms with Crippen LogP contribution in [-0.4, -0.2) is 17.4 Å². The van der Waals surface area contributed by atoms with Crippen molar-refractivity contribution in [2.75, 3.05) is 6.54 Å². The van der Waals surface area contributed by atoms with Gasteiger partial charge in [0.1, 0.15) is 5.82 Å². The molecule has 0 fully saturated rings. The van der Waals surface area contributed by atoms with E-state index in [2.05, 4.69) is 11.4 Å². The molecule has 1 amide bonds. The van der Waals surface area contributed by atoms with Crippen LogP contribution >= 0.6 is 0 Å². The first-order chi connectivity index (χ1) is 14.5. The highest BCUT2D eigenvalue weighted by Crippen LogP contribution is 2.13. The third-order valence-electron chi connectivity index (χ3n) is 4.89. The van der Waals surface area contributed by atoms with Crippen molar-refractivity contribution in [1.29, 1.82) is 5.26 Å². The fourth-order valence-electron chi connectivity index (χ4n) is 3.27. The van der Waals surface area contributed by atoms with Gasteiger partial charge < -0.3 is 5.32 Å². The van der Waals surface area contributed by atoms with Gasteiger partial charge in [-0.2, -0.15) is 5.26 Å². The Labute approximate surface area is 176 Å². The van der Waals surface area contributed by atoms with Gasteiger partial charge in [0.2, 0.25) is 5.91 Å². The van der Waals surface area contributed by atoms with Gasteiger partial charge in [0, 0.05) is 19.6 Å². The second kappa shape index (κ2) is 10.3. The number of nitrogens with one attached hydrogen (secondary N) is 1. The van der Waals surface area contributed by atoms with Gasteiger partial charge in [0.15, 0.2) is 0 Å². The molecule has 4 nitrogen and oxygen atoms in total. The lowest BCUT2D eigenvalue weighted by atomic mass is 10.1. The molecule has 1 N–H and O–H groups in total. The smallest absolute Gasteiger partial charge is 0.234 e. The normalized spacial score (nSPS) is 10.6. The van der Waals surface area contributed by atoms with Crippen molar-refractivity contribution in [2.24, 2.45) is 0 Å². The van der Waals surface area contributed by atoms with E-state index in [0.29, 0.717) is 25.2 Å². The van der Waals surface area contributed by atoms with Gasteiger partial charge in [-0.1, -0.05) is 48.5 Å². The maximum absolute atomic E-state index is 13.6. The number of amides is 1. The lowest BCUT2D eigenvalue weighted by Crippen LogP contribution is -2.36. The molecule has 0 atom stereocenters. The lowest BCUT2D eigenvalue weighted by Gasteiger charge is -2.22. The SMILES string of the molecule is Cc1ccccc1CNC(=O)CN(Cc1ccc(C#N)cc1)Cc1cccc(F)c1. The summed E-state index contributed by atoms with van der Waals surface area (Å²) >= 11 is 0. The molecule has 3 aromatic carbocycles. The van der Waals surface area contributed by atoms with Gasteiger partial charge in [0.25, 0.3) is 0 Å². The fourth-order valence-corrected chi connectivity index (χ4v) is 3.27. The van der Waals surface area contributed by atoms with E-state index in [4.69, 9.17) is 5.26 Å². The number of carbonyl (C=O) groups is 1. The molecule has 3 rings (SSSR count). The van der Waals surface area contributed by atoms with E-state index in [0.717, 1.165) is 22.3 Å². The molecule has 30 heavy (non-hydrogen) atoms. The van der Waals surface area contributed by atoms with Crippen LogP contribution in [0.2, 0.25) is 0 Å². The molecule has 0 unspecified atom stereocenters. The highest BCUT2D eigenvalue weighted by Gasteiger charge is 2.13. The number of aryl methyl sites for hydroxylation is 1. The van der Waals surface area contributed by atoms with Crippen LogP contribution in [0, 0.1) is 24.1 Å². The highest BCUT2D eigenvalue weighted by atomic mass is 19.1. The summed E-state index contributed by atoms with van der Waals surface area (Å²) in [7, 11) is 0. The van der Waals surface area contributed by atoms with Crippen LogP contribution in [0.1, 0.15) is 27.8 Å². The number of nitrogens with zero attached hydrogens (tertiary/aromatic N) is 2. The van der Waals surface area contributed by atoms with E-state index in [-0.39, 0.29) is 18.3 Å². The molecule has 0 saturated carbocycles. The fraction of sp³-hybridized carbons (Fsp3) is 0.200. The minimum atomic E-state index is -0.296. The third-order valence-corrected chi connectivity index (χ3v) is 4.89. The second-order valence-electron chi connectivity index (χ2n) is 7.29. The number of halogens is 1. The zero-order valence-corrected chi connectivity index (χ0v) is 16.9. The predicted molar refractivity (Wildman–Crippen MR) is 115 cm³/mol. The van der Waals surface area contributed by atoms with E-state index in [1.165, 1.54) is 12.1 Å². The van der Waals surface area contributed by atoms with E-state index in [9.17, 15) is 9.18 Å². The Morgan fingerprint density at radius 2 is 1.73 bits per heavy atom. The maximum Gasteiger partial charge on any atom is 0.234 e. The molecular formula is C25H24FN3O. The molecule has 0 spiro atoms. The molecule has 3 aromatic rings. The quantitative estimate of drug-likeness (QED) is 0.611. The average Bonchev–Trinajstić information content (AvgIpc) is 2.74. The first kappa shape index (κ1) is 21.2. The third kappa shape index (κ3) is 6.26. The Hall–Kier alpha value is -3.49. The molecule has 0 saturated heterocycles. The molecule has 0 aliphatic carbocycles. The summed E-state index contributed by atoms with van der Waals surface area (Å²) < 4.78 is 13.6. The summed E-state index contributed by atoms with van der Waals surface area (Å²) in [5, 5.41) is 11.9. The number of hydrogen-bond donors (Lipinski definition) is 1. The minimum Gasteiger partial charge on any atom is -0.351 e. The molecule has 152 valence electrons. The zero-order chi connectivity index (χ0) is 21.3. The number of hydrogen-bond acceptors (Lipinski definition) is 3. The monoisotopic (exact) mass is 401 g/mol. The van der Waals surface area contributed by atoms with Crippen LogP contribution in [0.5, 0.6) is 0 Å². The molecule has 0 aliphatic rings. The van der Waals surface area contributed by atoms with E-state index >= 15 is 0 Å². The maximum atomic E-state index is 13.6. The van der Waals surface area contributed by atoms with Gasteiger partial charge in [-0.25, -0.2) is 4.39 Å². The Bertz CT molecular complexity index is 1040. The predicted octanol–water partition coefficient (Wildman–Crippen LogP) is 4.32. The molecular weight excluding hydrogens is 377 g/mol. The summed E-state index contributed by atoms with van der Waals surface area (Å²) in [6.07, 6.45) is 0. The van der Waals surface area contributed by atoms with Gasteiger partial charge in [0.05, 0.1) is 18.2 Å². The van der Waals surface area contributed by atoms with Crippen molar-refractivity contribution in [2.45, 2.75) is 26.6 Å². The van der Waals surface area contributed by atoms with Crippen molar-refractivity contribution in [3.63, 3.8) is 0 Å². The van der Waals surface area contributed by atoms with Crippen LogP contribution < -0.4 is 5.32 Å². The van der Waals surface area contributed by atoms with Crippen LogP contribution in [0.15, 0.2) is 72.8 Å². The van der Waals surface area contributed by atoms with Crippen LogP contribution in [0.25, 0.3) is 0 Å².